The van der Waals surface area contributed by atoms with Gasteiger partial charge in [0.1, 0.15) is 0 Å². The van der Waals surface area contributed by atoms with E-state index in [1.54, 1.807) is 0 Å². The summed E-state index contributed by atoms with van der Waals surface area (Å²) >= 11 is 5.93. The lowest BCUT2D eigenvalue weighted by Crippen LogP contribution is -2.68. The Morgan fingerprint density at radius 2 is 1.45 bits per heavy atom. The quantitative estimate of drug-likeness (QED) is 0.591. The van der Waals surface area contributed by atoms with Crippen LogP contribution in [-0.4, -0.2) is 0 Å². The van der Waals surface area contributed by atoms with E-state index in [0.29, 0.717) is 0 Å². The van der Waals surface area contributed by atoms with Crippen LogP contribution in [0.5, 0.6) is 0 Å². The van der Waals surface area contributed by atoms with Crippen LogP contribution in [0.25, 0.3) is 22.3 Å². The van der Waals surface area contributed by atoms with E-state index in [1.807, 2.05) is 60.7 Å². The number of halogens is 2. The van der Waals surface area contributed by atoms with Gasteiger partial charge in [0.25, 0.3) is 0 Å². The Kier molecular flexibility index (Phi) is 5.31. The Labute approximate surface area is 133 Å². The topological polar surface area (TPSA) is 104 Å². The van der Waals surface area contributed by atoms with Gasteiger partial charge in [-0.15, -0.1) is 10.2 Å². The van der Waals surface area contributed by atoms with Crippen LogP contribution in [0.4, 0.5) is 0 Å². The van der Waals surface area contributed by atoms with Crippen molar-refractivity contribution in [2.75, 3.05) is 0 Å². The minimum Gasteiger partial charge on any atom is -0.222 e. The molecule has 1 heterocycles. The third kappa shape index (κ3) is 5.23. The molecule has 1 aromatic heterocycles. The van der Waals surface area contributed by atoms with E-state index < -0.39 is 10.2 Å². The van der Waals surface area contributed by atoms with E-state index in [4.69, 9.17) is 34.7 Å². The molecule has 0 bridgehead atoms. The number of fused-ring (bicyclic) bond motifs is 1. The number of rotatable bonds is 1. The predicted molar refractivity (Wildman–Crippen MR) is 71.1 cm³/mol. The first-order chi connectivity index (χ1) is 10.3. The third-order valence-electron chi connectivity index (χ3n) is 2.66. The first kappa shape index (κ1) is 16.6. The molecule has 0 N–H and O–H groups in total. The summed E-state index contributed by atoms with van der Waals surface area (Å²) in [6, 6.07) is 19.7. The van der Waals surface area contributed by atoms with Crippen LogP contribution < -0.4 is 18.6 Å². The molecule has 0 amide bonds. The second-order valence-electron chi connectivity index (χ2n) is 4.23. The normalized spacial score (nSPS) is 11.0. The SMILES string of the molecule is Clc1ccc2[o+]c(-c3ccccc3)ccc2c1.[O-][Cl+3]([O-])([O-])[O-]. The monoisotopic (exact) mass is 340 g/mol. The van der Waals surface area contributed by atoms with Gasteiger partial charge in [0.05, 0.1) is 10.9 Å². The van der Waals surface area contributed by atoms with Crippen molar-refractivity contribution >= 4 is 22.6 Å². The molecule has 0 aliphatic heterocycles. The van der Waals surface area contributed by atoms with Crippen molar-refractivity contribution in [1.82, 2.24) is 0 Å². The van der Waals surface area contributed by atoms with Crippen LogP contribution in [-0.2, 0) is 0 Å². The summed E-state index contributed by atoms with van der Waals surface area (Å²) in [4.78, 5) is 0. The van der Waals surface area contributed by atoms with E-state index in [-0.39, 0.29) is 0 Å². The lowest BCUT2D eigenvalue weighted by molar-refractivity contribution is -2.00. The van der Waals surface area contributed by atoms with Crippen molar-refractivity contribution in [1.29, 1.82) is 0 Å². The summed E-state index contributed by atoms with van der Waals surface area (Å²) < 4.78 is 39.8. The van der Waals surface area contributed by atoms with E-state index in [2.05, 4.69) is 0 Å². The predicted octanol–water partition coefficient (Wildman–Crippen LogP) is 0.278. The van der Waals surface area contributed by atoms with Crippen LogP contribution >= 0.6 is 11.6 Å². The number of hydrogen-bond donors (Lipinski definition) is 0. The first-order valence-corrected chi connectivity index (χ1v) is 7.64. The second kappa shape index (κ2) is 7.02. The molecule has 0 atom stereocenters. The Morgan fingerprint density at radius 3 is 2.09 bits per heavy atom. The lowest BCUT2D eigenvalue weighted by Gasteiger charge is -2.17. The molecule has 0 spiro atoms. The summed E-state index contributed by atoms with van der Waals surface area (Å²) in [7, 11) is -4.94. The molecule has 0 saturated heterocycles. The van der Waals surface area contributed by atoms with Gasteiger partial charge in [0.2, 0.25) is 0 Å². The zero-order valence-electron chi connectivity index (χ0n) is 11.1. The molecule has 0 aliphatic carbocycles. The second-order valence-corrected chi connectivity index (χ2v) is 5.42. The highest BCUT2D eigenvalue weighted by atomic mass is 35.7. The summed E-state index contributed by atoms with van der Waals surface area (Å²) in [5.74, 6) is 0.862. The minimum absolute atomic E-state index is 0.722. The van der Waals surface area contributed by atoms with Crippen molar-refractivity contribution in [2.24, 2.45) is 0 Å². The Balaban J connectivity index is 0.000000309. The smallest absolute Gasteiger partial charge is 0.222 e. The standard InChI is InChI=1S/C15H10ClO.ClHO4/c16-13-7-9-15-12(10-13)6-8-14(17-15)11-4-2-1-3-5-11;2-1(3,4)5/h1-10H;(H,2,3,4,5)/q+1;/p-1. The van der Waals surface area contributed by atoms with E-state index in [1.165, 1.54) is 0 Å². The molecule has 3 rings (SSSR count). The number of benzene rings is 2. The fraction of sp³-hybridized carbons (Fsp3) is 0. The molecule has 0 fully saturated rings. The van der Waals surface area contributed by atoms with Crippen molar-refractivity contribution in [2.45, 2.75) is 0 Å². The van der Waals surface area contributed by atoms with Crippen LogP contribution in [0.1, 0.15) is 0 Å². The molecule has 7 heteroatoms. The highest BCUT2D eigenvalue weighted by Gasteiger charge is 2.13. The van der Waals surface area contributed by atoms with E-state index >= 15 is 0 Å². The molecule has 2 aromatic carbocycles. The van der Waals surface area contributed by atoms with Crippen molar-refractivity contribution in [3.63, 3.8) is 0 Å². The molecule has 0 aliphatic rings. The van der Waals surface area contributed by atoms with Gasteiger partial charge in [0, 0.05) is 17.2 Å². The Morgan fingerprint density at radius 1 is 0.818 bits per heavy atom. The van der Waals surface area contributed by atoms with Gasteiger partial charge in [-0.05, 0) is 30.3 Å². The maximum absolute atomic E-state index is 8.49. The van der Waals surface area contributed by atoms with E-state index in [9.17, 15) is 0 Å². The van der Waals surface area contributed by atoms with Gasteiger partial charge in [-0.2, -0.15) is 0 Å². The van der Waals surface area contributed by atoms with Gasteiger partial charge in [-0.1, -0.05) is 29.8 Å². The number of hydrogen-bond acceptors (Lipinski definition) is 4. The van der Waals surface area contributed by atoms with Crippen molar-refractivity contribution in [3.8, 4) is 11.3 Å². The molecule has 5 nitrogen and oxygen atoms in total. The zero-order chi connectivity index (χ0) is 16.2. The molecule has 22 heavy (non-hydrogen) atoms. The summed E-state index contributed by atoms with van der Waals surface area (Å²) in [5.41, 5.74) is 1.92. The fourth-order valence-electron chi connectivity index (χ4n) is 1.82. The van der Waals surface area contributed by atoms with E-state index in [0.717, 1.165) is 27.3 Å². The molecule has 114 valence electrons. The van der Waals surface area contributed by atoms with Crippen LogP contribution in [0.3, 0.4) is 0 Å². The summed E-state index contributed by atoms with van der Waals surface area (Å²) in [6.45, 7) is 0. The molecular formula is C15H10Cl2O5. The van der Waals surface area contributed by atoms with Gasteiger partial charge >= 0.3 is 11.3 Å². The highest BCUT2D eigenvalue weighted by Crippen LogP contribution is 2.25. The Hall–Kier alpha value is -1.73. The minimum atomic E-state index is -4.94. The zero-order valence-corrected chi connectivity index (χ0v) is 12.6. The van der Waals surface area contributed by atoms with Crippen LogP contribution in [0.2, 0.25) is 5.02 Å². The summed E-state index contributed by atoms with van der Waals surface area (Å²) in [5, 5.41) is 1.73. The Bertz CT molecular complexity index is 751. The average Bonchev–Trinajstić information content (AvgIpc) is 2.46. The molecule has 0 saturated carbocycles. The average molecular weight is 341 g/mol. The van der Waals surface area contributed by atoms with Gasteiger partial charge < -0.3 is 0 Å². The lowest BCUT2D eigenvalue weighted by atomic mass is 10.1. The van der Waals surface area contributed by atoms with Gasteiger partial charge in [0.15, 0.2) is 0 Å². The highest BCUT2D eigenvalue weighted by molar-refractivity contribution is 6.31. The molecular weight excluding hydrogens is 331 g/mol. The molecule has 3 aromatic rings. The van der Waals surface area contributed by atoms with Crippen molar-refractivity contribution in [3.05, 3.63) is 65.7 Å². The molecule has 0 unspecified atom stereocenters. The fourth-order valence-corrected chi connectivity index (χ4v) is 2.00. The van der Waals surface area contributed by atoms with Gasteiger partial charge in [-0.3, -0.25) is 0 Å². The third-order valence-corrected chi connectivity index (χ3v) is 2.90. The maximum Gasteiger partial charge on any atom is 0.360 e. The molecule has 0 radical (unpaired) electrons. The first-order valence-electron chi connectivity index (χ1n) is 6.02. The largest absolute Gasteiger partial charge is 0.360 e. The maximum atomic E-state index is 8.49. The van der Waals surface area contributed by atoms with Crippen molar-refractivity contribution < 1.29 is 33.3 Å². The summed E-state index contributed by atoms with van der Waals surface area (Å²) in [6.07, 6.45) is 0. The van der Waals surface area contributed by atoms with Crippen LogP contribution in [0.15, 0.2) is 65.1 Å². The van der Waals surface area contributed by atoms with Crippen LogP contribution in [0, 0.1) is 10.2 Å². The van der Waals surface area contributed by atoms with Gasteiger partial charge in [-0.25, -0.2) is 23.1 Å².